The van der Waals surface area contributed by atoms with Crippen LogP contribution < -0.4 is 5.32 Å². The fraction of sp³-hybridized carbons (Fsp3) is 0.833. The van der Waals surface area contributed by atoms with Gasteiger partial charge < -0.3 is 0 Å². The Labute approximate surface area is 111 Å². The molecule has 0 bridgehead atoms. The fourth-order valence-corrected chi connectivity index (χ4v) is 2.57. The van der Waals surface area contributed by atoms with Gasteiger partial charge in [-0.3, -0.25) is 14.9 Å². The molecule has 1 unspecified atom stereocenters. The summed E-state index contributed by atoms with van der Waals surface area (Å²) in [6.07, 6.45) is 8.77. The number of hydrogen-bond donors (Lipinski definition) is 1. The second-order valence-electron chi connectivity index (χ2n) is 4.41. The van der Waals surface area contributed by atoms with Crippen molar-refractivity contribution < 1.29 is 9.59 Å². The Bertz CT molecular complexity index is 243. The molecule has 16 heavy (non-hydrogen) atoms. The minimum absolute atomic E-state index is 0.0400. The summed E-state index contributed by atoms with van der Waals surface area (Å²) in [4.78, 5) is 22.2. The molecule has 1 saturated heterocycles. The Morgan fingerprint density at radius 1 is 1.06 bits per heavy atom. The largest absolute Gasteiger partial charge is 0.296 e. The van der Waals surface area contributed by atoms with Gasteiger partial charge in [0.1, 0.15) is 0 Å². The van der Waals surface area contributed by atoms with Crippen LogP contribution in [0.4, 0.5) is 0 Å². The number of halogens is 1. The van der Waals surface area contributed by atoms with E-state index in [4.69, 9.17) is 0 Å². The third-order valence-electron chi connectivity index (χ3n) is 3.00. The number of nitrogens with one attached hydrogen (secondary N) is 1. The van der Waals surface area contributed by atoms with Crippen molar-refractivity contribution in [3.63, 3.8) is 0 Å². The third kappa shape index (κ3) is 5.27. The van der Waals surface area contributed by atoms with Gasteiger partial charge in [0.2, 0.25) is 11.8 Å². The van der Waals surface area contributed by atoms with Crippen molar-refractivity contribution in [2.75, 3.05) is 4.43 Å². The summed E-state index contributed by atoms with van der Waals surface area (Å²) < 4.78 is 1.25. The van der Waals surface area contributed by atoms with E-state index in [1.165, 1.54) is 36.5 Å². The zero-order chi connectivity index (χ0) is 11.8. The van der Waals surface area contributed by atoms with Crippen molar-refractivity contribution in [1.82, 2.24) is 5.32 Å². The standard InChI is InChI=1S/C12H20INO2/c13-8-6-4-2-1-3-5-7-10-9-11(15)14-12(10)16/h10H,1-9H2,(H,14,15,16). The molecule has 0 radical (unpaired) electrons. The van der Waals surface area contributed by atoms with Crippen molar-refractivity contribution >= 4 is 34.4 Å². The van der Waals surface area contributed by atoms with Gasteiger partial charge in [-0.1, -0.05) is 54.7 Å². The molecule has 0 aliphatic carbocycles. The lowest BCUT2D eigenvalue weighted by atomic mass is 9.99. The predicted molar refractivity (Wildman–Crippen MR) is 72.5 cm³/mol. The normalized spacial score (nSPS) is 20.2. The van der Waals surface area contributed by atoms with Crippen molar-refractivity contribution in [3.05, 3.63) is 0 Å². The molecule has 3 nitrogen and oxygen atoms in total. The monoisotopic (exact) mass is 337 g/mol. The highest BCUT2D eigenvalue weighted by molar-refractivity contribution is 14.1. The Morgan fingerprint density at radius 2 is 1.69 bits per heavy atom. The first-order chi connectivity index (χ1) is 7.74. The first-order valence-electron chi connectivity index (χ1n) is 6.13. The minimum atomic E-state index is -0.1000. The first-order valence-corrected chi connectivity index (χ1v) is 7.66. The number of carbonyl (C=O) groups excluding carboxylic acids is 2. The second kappa shape index (κ2) is 8.03. The zero-order valence-corrected chi connectivity index (χ0v) is 11.8. The highest BCUT2D eigenvalue weighted by atomic mass is 127. The molecule has 92 valence electrons. The summed E-state index contributed by atoms with van der Waals surface area (Å²) in [6, 6.07) is 0. The number of rotatable bonds is 8. The van der Waals surface area contributed by atoms with Gasteiger partial charge in [-0.25, -0.2) is 0 Å². The molecule has 4 heteroatoms. The molecule has 1 aliphatic heterocycles. The SMILES string of the molecule is O=C1CC(CCCCCCCCI)C(=O)N1. The van der Waals surface area contributed by atoms with Crippen LogP contribution in [0.3, 0.4) is 0 Å². The highest BCUT2D eigenvalue weighted by Gasteiger charge is 2.29. The summed E-state index contributed by atoms with van der Waals surface area (Å²) >= 11 is 2.41. The van der Waals surface area contributed by atoms with Crippen LogP contribution in [0, 0.1) is 5.92 Å². The van der Waals surface area contributed by atoms with Crippen molar-refractivity contribution in [2.24, 2.45) is 5.92 Å². The molecule has 0 aromatic heterocycles. The highest BCUT2D eigenvalue weighted by Crippen LogP contribution is 2.19. The maximum absolute atomic E-state index is 11.3. The Hall–Kier alpha value is -0.130. The van der Waals surface area contributed by atoms with E-state index in [0.717, 1.165) is 12.8 Å². The smallest absolute Gasteiger partial charge is 0.230 e. The molecule has 1 N–H and O–H groups in total. The minimum Gasteiger partial charge on any atom is -0.296 e. The molecular formula is C12H20INO2. The fourth-order valence-electron chi connectivity index (χ4n) is 2.03. The Balaban J connectivity index is 1.95. The van der Waals surface area contributed by atoms with Crippen LogP contribution in [0.25, 0.3) is 0 Å². The number of alkyl halides is 1. The first kappa shape index (κ1) is 13.9. The molecule has 1 aliphatic rings. The summed E-state index contributed by atoms with van der Waals surface area (Å²) in [5.41, 5.74) is 0. The maximum Gasteiger partial charge on any atom is 0.230 e. The van der Waals surface area contributed by atoms with Crippen molar-refractivity contribution in [3.8, 4) is 0 Å². The Morgan fingerprint density at radius 3 is 2.25 bits per heavy atom. The molecule has 0 aromatic carbocycles. The summed E-state index contributed by atoms with van der Waals surface area (Å²) in [5.74, 6) is -0.200. The van der Waals surface area contributed by atoms with Gasteiger partial charge in [0, 0.05) is 12.3 Å². The predicted octanol–water partition coefficient (Wildman–Crippen LogP) is 2.81. The molecule has 1 rings (SSSR count). The lowest BCUT2D eigenvalue weighted by Crippen LogP contribution is -2.21. The van der Waals surface area contributed by atoms with E-state index < -0.39 is 0 Å². The van der Waals surface area contributed by atoms with E-state index >= 15 is 0 Å². The van der Waals surface area contributed by atoms with E-state index in [1.807, 2.05) is 0 Å². The number of hydrogen-bond acceptors (Lipinski definition) is 2. The van der Waals surface area contributed by atoms with Crippen LogP contribution in [-0.4, -0.2) is 16.2 Å². The quantitative estimate of drug-likeness (QED) is 0.320. The second-order valence-corrected chi connectivity index (χ2v) is 5.49. The summed E-state index contributed by atoms with van der Waals surface area (Å²) in [7, 11) is 0. The number of carbonyl (C=O) groups is 2. The van der Waals surface area contributed by atoms with E-state index in [0.29, 0.717) is 6.42 Å². The maximum atomic E-state index is 11.3. The molecule has 0 aromatic rings. The third-order valence-corrected chi connectivity index (χ3v) is 3.76. The average molecular weight is 337 g/mol. The van der Waals surface area contributed by atoms with Gasteiger partial charge in [-0.2, -0.15) is 0 Å². The van der Waals surface area contributed by atoms with Crippen LogP contribution in [0.5, 0.6) is 0 Å². The van der Waals surface area contributed by atoms with Gasteiger partial charge in [0.15, 0.2) is 0 Å². The van der Waals surface area contributed by atoms with E-state index in [9.17, 15) is 9.59 Å². The molecule has 1 heterocycles. The number of imide groups is 1. The zero-order valence-electron chi connectivity index (χ0n) is 9.64. The van der Waals surface area contributed by atoms with Crippen molar-refractivity contribution in [1.29, 1.82) is 0 Å². The van der Waals surface area contributed by atoms with E-state index in [-0.39, 0.29) is 17.7 Å². The van der Waals surface area contributed by atoms with Crippen LogP contribution in [-0.2, 0) is 9.59 Å². The van der Waals surface area contributed by atoms with Gasteiger partial charge in [-0.15, -0.1) is 0 Å². The molecule has 0 spiro atoms. The number of amides is 2. The molecular weight excluding hydrogens is 317 g/mol. The molecule has 0 saturated carbocycles. The summed E-state index contributed by atoms with van der Waals surface area (Å²) in [5, 5.41) is 2.36. The van der Waals surface area contributed by atoms with Crippen LogP contribution >= 0.6 is 22.6 Å². The molecule has 1 atom stereocenters. The molecule has 1 fully saturated rings. The van der Waals surface area contributed by atoms with E-state index in [1.54, 1.807) is 0 Å². The van der Waals surface area contributed by atoms with Gasteiger partial charge in [0.25, 0.3) is 0 Å². The average Bonchev–Trinajstić information content (AvgIpc) is 2.56. The lowest BCUT2D eigenvalue weighted by Gasteiger charge is -2.05. The number of unbranched alkanes of at least 4 members (excludes halogenated alkanes) is 5. The van der Waals surface area contributed by atoms with E-state index in [2.05, 4.69) is 27.9 Å². The van der Waals surface area contributed by atoms with Gasteiger partial charge in [0.05, 0.1) is 0 Å². The molecule has 2 amide bonds. The summed E-state index contributed by atoms with van der Waals surface area (Å²) in [6.45, 7) is 0. The van der Waals surface area contributed by atoms with Crippen LogP contribution in [0.1, 0.15) is 51.4 Å². The van der Waals surface area contributed by atoms with Gasteiger partial charge in [-0.05, 0) is 17.3 Å². The van der Waals surface area contributed by atoms with Crippen molar-refractivity contribution in [2.45, 2.75) is 51.4 Å². The van der Waals surface area contributed by atoms with Crippen LogP contribution in [0.2, 0.25) is 0 Å². The lowest BCUT2D eigenvalue weighted by molar-refractivity contribution is -0.125. The van der Waals surface area contributed by atoms with Crippen LogP contribution in [0.15, 0.2) is 0 Å². The Kier molecular flexibility index (Phi) is 7.00. The topological polar surface area (TPSA) is 46.2 Å². The van der Waals surface area contributed by atoms with Gasteiger partial charge >= 0.3 is 0 Å².